The van der Waals surface area contributed by atoms with Gasteiger partial charge < -0.3 is 30.0 Å². The standard InChI is InChI=1S/C24H30ClNO6/c1-3-19(26-31-4-2)15-7-5-14(6-8-15)11-17-12-16(9-10-18(17)25)24-23(30)22(29)21(28)20(13-27)32-24/h5-10,12,20-24,27-30H,3-4,11,13H2,1-2H3/t20-,21-,22+,23-,24+/m1/s1. The maximum Gasteiger partial charge on any atom is 0.114 e. The minimum atomic E-state index is -1.43. The van der Waals surface area contributed by atoms with Crippen molar-refractivity contribution in [1.29, 1.82) is 0 Å². The molecule has 174 valence electrons. The molecule has 0 radical (unpaired) electrons. The summed E-state index contributed by atoms with van der Waals surface area (Å²) in [5.74, 6) is 0. The summed E-state index contributed by atoms with van der Waals surface area (Å²) in [6.45, 7) is 3.96. The Bertz CT molecular complexity index is 917. The van der Waals surface area contributed by atoms with Crippen LogP contribution in [0.2, 0.25) is 5.02 Å². The number of aliphatic hydroxyl groups is 4. The summed E-state index contributed by atoms with van der Waals surface area (Å²) in [6, 6.07) is 13.2. The Hall–Kier alpha value is -2.00. The summed E-state index contributed by atoms with van der Waals surface area (Å²) in [7, 11) is 0. The van der Waals surface area contributed by atoms with E-state index in [9.17, 15) is 20.4 Å². The summed E-state index contributed by atoms with van der Waals surface area (Å²) >= 11 is 6.42. The van der Waals surface area contributed by atoms with Crippen molar-refractivity contribution in [2.24, 2.45) is 5.16 Å². The van der Waals surface area contributed by atoms with Gasteiger partial charge in [-0.1, -0.05) is 60.1 Å². The van der Waals surface area contributed by atoms with E-state index in [0.29, 0.717) is 23.6 Å². The van der Waals surface area contributed by atoms with E-state index >= 15 is 0 Å². The first-order chi connectivity index (χ1) is 15.4. The second-order valence-electron chi connectivity index (χ2n) is 7.78. The predicted octanol–water partition coefficient (Wildman–Crippen LogP) is 2.60. The van der Waals surface area contributed by atoms with Crippen LogP contribution in [0, 0.1) is 0 Å². The highest BCUT2D eigenvalue weighted by Gasteiger charge is 2.44. The van der Waals surface area contributed by atoms with Crippen molar-refractivity contribution in [2.45, 2.75) is 57.2 Å². The highest BCUT2D eigenvalue weighted by molar-refractivity contribution is 6.31. The molecular weight excluding hydrogens is 434 g/mol. The zero-order valence-corrected chi connectivity index (χ0v) is 18.9. The fourth-order valence-corrected chi connectivity index (χ4v) is 3.97. The molecule has 8 heteroatoms. The van der Waals surface area contributed by atoms with Gasteiger partial charge >= 0.3 is 0 Å². The Kier molecular flexibility index (Phi) is 8.64. The molecule has 1 heterocycles. The van der Waals surface area contributed by atoms with Gasteiger partial charge in [-0.15, -0.1) is 0 Å². The van der Waals surface area contributed by atoms with Gasteiger partial charge in [-0.25, -0.2) is 0 Å². The van der Waals surface area contributed by atoms with Crippen LogP contribution in [0.5, 0.6) is 0 Å². The molecule has 3 rings (SSSR count). The van der Waals surface area contributed by atoms with Crippen LogP contribution in [0.15, 0.2) is 47.6 Å². The van der Waals surface area contributed by atoms with Crippen molar-refractivity contribution >= 4 is 17.3 Å². The molecule has 7 nitrogen and oxygen atoms in total. The topological polar surface area (TPSA) is 112 Å². The molecule has 1 aliphatic rings. The van der Waals surface area contributed by atoms with Crippen LogP contribution in [0.25, 0.3) is 0 Å². The van der Waals surface area contributed by atoms with Gasteiger partial charge in [0.05, 0.1) is 12.3 Å². The molecule has 5 atom stereocenters. The number of benzene rings is 2. The fraction of sp³-hybridized carbons (Fsp3) is 0.458. The molecule has 0 aromatic heterocycles. The molecule has 0 bridgehead atoms. The van der Waals surface area contributed by atoms with Gasteiger partial charge in [0.25, 0.3) is 0 Å². The highest BCUT2D eigenvalue weighted by atomic mass is 35.5. The number of ether oxygens (including phenoxy) is 1. The summed E-state index contributed by atoms with van der Waals surface area (Å²) in [5.41, 5.74) is 4.34. The SMILES string of the molecule is CCON=C(CC)c1ccc(Cc2cc([C@@H]3O[C@H](CO)[C@@H](O)[C@H](O)[C@H]3O)ccc2Cl)cc1. The summed E-state index contributed by atoms with van der Waals surface area (Å²) in [6.07, 6.45) is -4.71. The molecule has 1 saturated heterocycles. The van der Waals surface area contributed by atoms with Crippen LogP contribution < -0.4 is 0 Å². The average molecular weight is 464 g/mol. The number of hydrogen-bond donors (Lipinski definition) is 4. The monoisotopic (exact) mass is 463 g/mol. The van der Waals surface area contributed by atoms with Crippen molar-refractivity contribution in [2.75, 3.05) is 13.2 Å². The van der Waals surface area contributed by atoms with E-state index in [0.717, 1.165) is 28.8 Å². The lowest BCUT2D eigenvalue weighted by molar-refractivity contribution is -0.231. The van der Waals surface area contributed by atoms with E-state index in [1.165, 1.54) is 0 Å². The van der Waals surface area contributed by atoms with Crippen LogP contribution >= 0.6 is 11.6 Å². The fourth-order valence-electron chi connectivity index (χ4n) is 3.78. The molecule has 1 aliphatic heterocycles. The third kappa shape index (κ3) is 5.49. The first kappa shape index (κ1) is 24.6. The zero-order chi connectivity index (χ0) is 23.3. The summed E-state index contributed by atoms with van der Waals surface area (Å²) in [4.78, 5) is 5.18. The Labute approximate surface area is 192 Å². The van der Waals surface area contributed by atoms with Crippen LogP contribution in [0.3, 0.4) is 0 Å². The Morgan fingerprint density at radius 2 is 1.75 bits per heavy atom. The molecule has 32 heavy (non-hydrogen) atoms. The molecule has 1 fully saturated rings. The molecule has 0 saturated carbocycles. The largest absolute Gasteiger partial charge is 0.396 e. The lowest BCUT2D eigenvalue weighted by Crippen LogP contribution is -2.55. The van der Waals surface area contributed by atoms with Crippen LogP contribution in [-0.2, 0) is 16.0 Å². The molecule has 0 unspecified atom stereocenters. The highest BCUT2D eigenvalue weighted by Crippen LogP contribution is 2.34. The third-order valence-electron chi connectivity index (χ3n) is 5.61. The first-order valence-electron chi connectivity index (χ1n) is 10.8. The first-order valence-corrected chi connectivity index (χ1v) is 11.1. The van der Waals surface area contributed by atoms with E-state index in [-0.39, 0.29) is 0 Å². The molecule has 0 aliphatic carbocycles. The smallest absolute Gasteiger partial charge is 0.114 e. The lowest BCUT2D eigenvalue weighted by atomic mass is 9.90. The zero-order valence-electron chi connectivity index (χ0n) is 18.2. The van der Waals surface area contributed by atoms with Gasteiger partial charge in [-0.3, -0.25) is 0 Å². The number of aliphatic hydroxyl groups excluding tert-OH is 4. The van der Waals surface area contributed by atoms with Crippen molar-refractivity contribution < 1.29 is 30.0 Å². The molecule has 0 amide bonds. The van der Waals surface area contributed by atoms with Gasteiger partial charge in [0, 0.05) is 5.02 Å². The van der Waals surface area contributed by atoms with Gasteiger partial charge in [0.1, 0.15) is 37.1 Å². The third-order valence-corrected chi connectivity index (χ3v) is 5.98. The van der Waals surface area contributed by atoms with E-state index in [2.05, 4.69) is 5.16 Å². The summed E-state index contributed by atoms with van der Waals surface area (Å²) in [5, 5.41) is 44.7. The van der Waals surface area contributed by atoms with Gasteiger partial charge in [0.15, 0.2) is 0 Å². The molecular formula is C24H30ClNO6. The van der Waals surface area contributed by atoms with Crippen LogP contribution in [-0.4, -0.2) is 63.8 Å². The number of hydrogen-bond acceptors (Lipinski definition) is 7. The quantitative estimate of drug-likeness (QED) is 0.353. The van der Waals surface area contributed by atoms with E-state index < -0.39 is 37.1 Å². The average Bonchev–Trinajstić information content (AvgIpc) is 2.81. The van der Waals surface area contributed by atoms with Crippen molar-refractivity contribution in [3.63, 3.8) is 0 Å². The van der Waals surface area contributed by atoms with Gasteiger partial charge in [-0.05, 0) is 48.1 Å². The Morgan fingerprint density at radius 1 is 1.03 bits per heavy atom. The minimum absolute atomic E-state index is 0.472. The normalized spacial score (nSPS) is 26.2. The lowest BCUT2D eigenvalue weighted by Gasteiger charge is -2.40. The Morgan fingerprint density at radius 3 is 2.38 bits per heavy atom. The minimum Gasteiger partial charge on any atom is -0.396 e. The second-order valence-corrected chi connectivity index (χ2v) is 8.19. The molecule has 2 aromatic carbocycles. The van der Waals surface area contributed by atoms with Gasteiger partial charge in [0.2, 0.25) is 0 Å². The Balaban J connectivity index is 1.81. The van der Waals surface area contributed by atoms with Gasteiger partial charge in [-0.2, -0.15) is 0 Å². The number of oxime groups is 1. The second kappa shape index (κ2) is 11.2. The summed E-state index contributed by atoms with van der Waals surface area (Å²) < 4.78 is 5.67. The van der Waals surface area contributed by atoms with E-state index in [1.54, 1.807) is 12.1 Å². The number of rotatable bonds is 8. The molecule has 0 spiro atoms. The maximum atomic E-state index is 10.4. The molecule has 2 aromatic rings. The number of halogens is 1. The van der Waals surface area contributed by atoms with Crippen molar-refractivity contribution in [3.8, 4) is 0 Å². The van der Waals surface area contributed by atoms with Crippen molar-refractivity contribution in [3.05, 3.63) is 69.7 Å². The van der Waals surface area contributed by atoms with E-state index in [4.69, 9.17) is 21.2 Å². The van der Waals surface area contributed by atoms with E-state index in [1.807, 2.05) is 44.2 Å². The van der Waals surface area contributed by atoms with Crippen molar-refractivity contribution in [1.82, 2.24) is 0 Å². The maximum absolute atomic E-state index is 10.4. The van der Waals surface area contributed by atoms with Crippen LogP contribution in [0.1, 0.15) is 48.6 Å². The number of nitrogens with zero attached hydrogens (tertiary/aromatic N) is 1. The van der Waals surface area contributed by atoms with Crippen LogP contribution in [0.4, 0.5) is 0 Å². The molecule has 4 N–H and O–H groups in total. The predicted molar refractivity (Wildman–Crippen MR) is 122 cm³/mol.